The predicted molar refractivity (Wildman–Crippen MR) is 74.5 cm³/mol. The van der Waals surface area contributed by atoms with Crippen LogP contribution in [0.3, 0.4) is 0 Å². The Morgan fingerprint density at radius 2 is 2.28 bits per heavy atom. The van der Waals surface area contributed by atoms with Gasteiger partial charge in [0.05, 0.1) is 6.04 Å². The van der Waals surface area contributed by atoms with Crippen molar-refractivity contribution in [3.63, 3.8) is 0 Å². The molecule has 0 aliphatic carbocycles. The highest BCUT2D eigenvalue weighted by Gasteiger charge is 2.30. The van der Waals surface area contributed by atoms with Gasteiger partial charge in [-0.05, 0) is 44.9 Å². The SMILES string of the molecule is CCCC1CCCCN1C(CN)c1ccc(C)o1. The molecule has 0 aromatic carbocycles. The standard InChI is InChI=1S/C15H26N2O/c1-3-6-13-7-4-5-10-17(13)14(11-16)15-9-8-12(2)18-15/h8-9,13-14H,3-7,10-11,16H2,1-2H3. The van der Waals surface area contributed by atoms with Gasteiger partial charge in [0.1, 0.15) is 11.5 Å². The lowest BCUT2D eigenvalue weighted by molar-refractivity contribution is 0.0795. The van der Waals surface area contributed by atoms with Crippen LogP contribution in [0.1, 0.15) is 56.6 Å². The van der Waals surface area contributed by atoms with Crippen LogP contribution in [0, 0.1) is 6.92 Å². The van der Waals surface area contributed by atoms with Crippen LogP contribution in [-0.2, 0) is 0 Å². The van der Waals surface area contributed by atoms with E-state index in [0.29, 0.717) is 12.6 Å². The highest BCUT2D eigenvalue weighted by Crippen LogP contribution is 2.30. The topological polar surface area (TPSA) is 42.4 Å². The third kappa shape index (κ3) is 2.96. The van der Waals surface area contributed by atoms with Gasteiger partial charge in [-0.1, -0.05) is 19.8 Å². The maximum atomic E-state index is 6.00. The van der Waals surface area contributed by atoms with Crippen LogP contribution in [0.4, 0.5) is 0 Å². The molecule has 0 spiro atoms. The fourth-order valence-corrected chi connectivity index (χ4v) is 3.12. The summed E-state index contributed by atoms with van der Waals surface area (Å²) in [4.78, 5) is 2.57. The van der Waals surface area contributed by atoms with E-state index in [1.807, 2.05) is 13.0 Å². The van der Waals surface area contributed by atoms with Gasteiger partial charge >= 0.3 is 0 Å². The van der Waals surface area contributed by atoms with Crippen LogP contribution < -0.4 is 5.73 Å². The quantitative estimate of drug-likeness (QED) is 0.872. The molecule has 2 heterocycles. The summed E-state index contributed by atoms with van der Waals surface area (Å²) < 4.78 is 5.79. The highest BCUT2D eigenvalue weighted by atomic mass is 16.3. The Balaban J connectivity index is 2.14. The molecule has 1 aliphatic rings. The smallest absolute Gasteiger partial charge is 0.122 e. The summed E-state index contributed by atoms with van der Waals surface area (Å²) >= 11 is 0. The molecule has 3 nitrogen and oxygen atoms in total. The van der Waals surface area contributed by atoms with Gasteiger partial charge in [-0.15, -0.1) is 0 Å². The van der Waals surface area contributed by atoms with E-state index in [1.54, 1.807) is 0 Å². The van der Waals surface area contributed by atoms with Gasteiger partial charge in [0, 0.05) is 12.6 Å². The molecule has 1 saturated heterocycles. The van der Waals surface area contributed by atoms with Gasteiger partial charge < -0.3 is 10.2 Å². The third-order valence-electron chi connectivity index (χ3n) is 4.01. The first-order chi connectivity index (χ1) is 8.76. The Morgan fingerprint density at radius 3 is 2.89 bits per heavy atom. The van der Waals surface area contributed by atoms with E-state index in [-0.39, 0.29) is 6.04 Å². The Hall–Kier alpha value is -0.800. The van der Waals surface area contributed by atoms with E-state index in [1.165, 1.54) is 32.1 Å². The van der Waals surface area contributed by atoms with Crippen LogP contribution in [0.5, 0.6) is 0 Å². The summed E-state index contributed by atoms with van der Waals surface area (Å²) in [6, 6.07) is 5.07. The molecule has 0 amide bonds. The average molecular weight is 250 g/mol. The summed E-state index contributed by atoms with van der Waals surface area (Å²) in [5.41, 5.74) is 6.00. The molecule has 2 unspecified atom stereocenters. The Kier molecular flexibility index (Phi) is 4.84. The van der Waals surface area contributed by atoms with Crippen molar-refractivity contribution in [1.82, 2.24) is 4.90 Å². The second-order valence-corrected chi connectivity index (χ2v) is 5.38. The lowest BCUT2D eigenvalue weighted by atomic mass is 9.95. The lowest BCUT2D eigenvalue weighted by Crippen LogP contribution is -2.44. The molecule has 2 rings (SSSR count). The molecule has 3 heteroatoms. The Bertz CT molecular complexity index is 359. The van der Waals surface area contributed by atoms with E-state index in [9.17, 15) is 0 Å². The number of hydrogen-bond acceptors (Lipinski definition) is 3. The molecule has 2 N–H and O–H groups in total. The van der Waals surface area contributed by atoms with Gasteiger partial charge in [0.15, 0.2) is 0 Å². The molecule has 18 heavy (non-hydrogen) atoms. The van der Waals surface area contributed by atoms with Crippen molar-refractivity contribution in [2.24, 2.45) is 5.73 Å². The summed E-state index contributed by atoms with van der Waals surface area (Å²) in [5, 5.41) is 0. The maximum absolute atomic E-state index is 6.00. The number of furan rings is 1. The first-order valence-electron chi connectivity index (χ1n) is 7.28. The summed E-state index contributed by atoms with van der Waals surface area (Å²) in [7, 11) is 0. The van der Waals surface area contributed by atoms with Crippen LogP contribution >= 0.6 is 0 Å². The van der Waals surface area contributed by atoms with Crippen molar-refractivity contribution < 1.29 is 4.42 Å². The van der Waals surface area contributed by atoms with Gasteiger partial charge in [-0.2, -0.15) is 0 Å². The summed E-state index contributed by atoms with van der Waals surface area (Å²) in [5.74, 6) is 2.02. The van der Waals surface area contributed by atoms with Gasteiger partial charge in [0.25, 0.3) is 0 Å². The number of hydrogen-bond donors (Lipinski definition) is 1. The van der Waals surface area contributed by atoms with E-state index < -0.39 is 0 Å². The monoisotopic (exact) mass is 250 g/mol. The molecule has 2 atom stereocenters. The molecule has 0 saturated carbocycles. The second-order valence-electron chi connectivity index (χ2n) is 5.38. The summed E-state index contributed by atoms with van der Waals surface area (Å²) in [6.07, 6.45) is 6.47. The van der Waals surface area contributed by atoms with Crippen LogP contribution in [-0.4, -0.2) is 24.0 Å². The largest absolute Gasteiger partial charge is 0.465 e. The minimum atomic E-state index is 0.260. The van der Waals surface area contributed by atoms with Crippen molar-refractivity contribution in [2.45, 2.75) is 58.0 Å². The van der Waals surface area contributed by atoms with Gasteiger partial charge in [0.2, 0.25) is 0 Å². The number of piperidine rings is 1. The van der Waals surface area contributed by atoms with E-state index >= 15 is 0 Å². The Morgan fingerprint density at radius 1 is 1.44 bits per heavy atom. The van der Waals surface area contributed by atoms with Gasteiger partial charge in [-0.25, -0.2) is 0 Å². The predicted octanol–water partition coefficient (Wildman–Crippen LogP) is 3.24. The van der Waals surface area contributed by atoms with E-state index in [2.05, 4.69) is 17.9 Å². The molecule has 1 aromatic rings. The molecule has 1 fully saturated rings. The Labute approximate surface area is 110 Å². The van der Waals surface area contributed by atoms with Crippen LogP contribution in [0.15, 0.2) is 16.5 Å². The zero-order valence-corrected chi connectivity index (χ0v) is 11.7. The van der Waals surface area contributed by atoms with Crippen molar-refractivity contribution in [1.29, 1.82) is 0 Å². The van der Waals surface area contributed by atoms with Crippen molar-refractivity contribution >= 4 is 0 Å². The third-order valence-corrected chi connectivity index (χ3v) is 4.01. The normalized spacial score (nSPS) is 23.2. The number of likely N-dealkylation sites (tertiary alicyclic amines) is 1. The molecular weight excluding hydrogens is 224 g/mol. The van der Waals surface area contributed by atoms with Crippen molar-refractivity contribution in [2.75, 3.05) is 13.1 Å². The van der Waals surface area contributed by atoms with Crippen molar-refractivity contribution in [3.8, 4) is 0 Å². The number of nitrogens with two attached hydrogens (primary N) is 1. The zero-order chi connectivity index (χ0) is 13.0. The van der Waals surface area contributed by atoms with E-state index in [0.717, 1.165) is 18.1 Å². The molecular formula is C15H26N2O. The second kappa shape index (κ2) is 6.39. The number of aryl methyl sites for hydroxylation is 1. The fourth-order valence-electron chi connectivity index (χ4n) is 3.12. The molecule has 102 valence electrons. The highest BCUT2D eigenvalue weighted by molar-refractivity contribution is 5.11. The fraction of sp³-hybridized carbons (Fsp3) is 0.733. The number of nitrogens with zero attached hydrogens (tertiary/aromatic N) is 1. The zero-order valence-electron chi connectivity index (χ0n) is 11.7. The first kappa shape index (κ1) is 13.6. The van der Waals surface area contributed by atoms with Crippen molar-refractivity contribution in [3.05, 3.63) is 23.7 Å². The average Bonchev–Trinajstić information content (AvgIpc) is 2.79. The molecule has 1 aliphatic heterocycles. The molecule has 1 aromatic heterocycles. The maximum Gasteiger partial charge on any atom is 0.122 e. The minimum Gasteiger partial charge on any atom is -0.465 e. The lowest BCUT2D eigenvalue weighted by Gasteiger charge is -2.40. The first-order valence-corrected chi connectivity index (χ1v) is 7.28. The van der Waals surface area contributed by atoms with Gasteiger partial charge in [-0.3, -0.25) is 4.90 Å². The van der Waals surface area contributed by atoms with Crippen LogP contribution in [0.25, 0.3) is 0 Å². The summed E-state index contributed by atoms with van der Waals surface area (Å²) in [6.45, 7) is 6.07. The molecule has 0 bridgehead atoms. The molecule has 0 radical (unpaired) electrons. The number of rotatable bonds is 5. The van der Waals surface area contributed by atoms with E-state index in [4.69, 9.17) is 10.2 Å². The van der Waals surface area contributed by atoms with Crippen LogP contribution in [0.2, 0.25) is 0 Å². The minimum absolute atomic E-state index is 0.260.